The van der Waals surface area contributed by atoms with E-state index in [4.69, 9.17) is 0 Å². The number of rotatable bonds is 9. The molecule has 0 saturated heterocycles. The molecule has 0 spiro atoms. The van der Waals surface area contributed by atoms with E-state index in [9.17, 15) is 4.79 Å². The minimum atomic E-state index is 0.139. The second kappa shape index (κ2) is 9.54. The highest BCUT2D eigenvalue weighted by Gasteiger charge is 2.15. The van der Waals surface area contributed by atoms with Crippen LogP contribution in [0.15, 0.2) is 30.3 Å². The van der Waals surface area contributed by atoms with Crippen molar-refractivity contribution in [3.63, 3.8) is 0 Å². The predicted octanol–water partition coefficient (Wildman–Crippen LogP) is 2.93. The van der Waals surface area contributed by atoms with Crippen molar-refractivity contribution in [2.75, 3.05) is 19.6 Å². The maximum atomic E-state index is 11.5. The van der Waals surface area contributed by atoms with E-state index >= 15 is 0 Å². The van der Waals surface area contributed by atoms with Crippen LogP contribution in [0.1, 0.15) is 45.1 Å². The van der Waals surface area contributed by atoms with Crippen LogP contribution in [-0.2, 0) is 4.79 Å². The topological polar surface area (TPSA) is 41.1 Å². The van der Waals surface area contributed by atoms with Crippen LogP contribution in [0.2, 0.25) is 0 Å². The molecule has 0 aliphatic rings. The first-order valence-corrected chi connectivity index (χ1v) is 7.67. The Morgan fingerprint density at radius 3 is 2.45 bits per heavy atom. The van der Waals surface area contributed by atoms with Gasteiger partial charge in [0.2, 0.25) is 5.91 Å². The summed E-state index contributed by atoms with van der Waals surface area (Å²) < 4.78 is 0. The van der Waals surface area contributed by atoms with Gasteiger partial charge >= 0.3 is 0 Å². The van der Waals surface area contributed by atoms with Crippen LogP contribution >= 0.6 is 0 Å². The zero-order valence-corrected chi connectivity index (χ0v) is 13.0. The quantitative estimate of drug-likeness (QED) is 0.681. The molecule has 0 saturated carbocycles. The third-order valence-corrected chi connectivity index (χ3v) is 3.50. The summed E-state index contributed by atoms with van der Waals surface area (Å²) >= 11 is 0. The van der Waals surface area contributed by atoms with Gasteiger partial charge in [0.15, 0.2) is 0 Å². The highest BCUT2D eigenvalue weighted by Crippen LogP contribution is 2.23. The molecule has 1 rings (SSSR count). The van der Waals surface area contributed by atoms with Crippen molar-refractivity contribution in [3.05, 3.63) is 35.9 Å². The van der Waals surface area contributed by atoms with Gasteiger partial charge in [-0.1, -0.05) is 51.1 Å². The molecule has 2 N–H and O–H groups in total. The summed E-state index contributed by atoms with van der Waals surface area (Å²) in [4.78, 5) is 11.5. The smallest absolute Gasteiger partial charge is 0.221 e. The minimum absolute atomic E-state index is 0.139. The van der Waals surface area contributed by atoms with Crippen molar-refractivity contribution in [1.82, 2.24) is 10.6 Å². The van der Waals surface area contributed by atoms with Crippen molar-refractivity contribution in [3.8, 4) is 0 Å². The average Bonchev–Trinajstić information content (AvgIpc) is 2.45. The summed E-state index contributed by atoms with van der Waals surface area (Å²) in [5, 5.41) is 6.31. The van der Waals surface area contributed by atoms with E-state index in [1.54, 1.807) is 0 Å². The number of hydrogen-bond acceptors (Lipinski definition) is 2. The molecule has 1 amide bonds. The summed E-state index contributed by atoms with van der Waals surface area (Å²) in [7, 11) is 0. The van der Waals surface area contributed by atoms with Crippen LogP contribution < -0.4 is 10.6 Å². The van der Waals surface area contributed by atoms with Crippen LogP contribution in [0.3, 0.4) is 0 Å². The van der Waals surface area contributed by atoms with Gasteiger partial charge in [-0.25, -0.2) is 0 Å². The molecule has 1 atom stereocenters. The van der Waals surface area contributed by atoms with Crippen molar-refractivity contribution in [2.24, 2.45) is 5.92 Å². The van der Waals surface area contributed by atoms with Gasteiger partial charge in [-0.2, -0.15) is 0 Å². The standard InChI is InChI=1S/C17H28N2O/c1-4-11-19-17(20)10-12-18-13-16(14(2)3)15-8-6-5-7-9-15/h5-9,14,16,18H,4,10-13H2,1-3H3,(H,19,20). The fourth-order valence-corrected chi connectivity index (χ4v) is 2.25. The van der Waals surface area contributed by atoms with Gasteiger partial charge < -0.3 is 10.6 Å². The van der Waals surface area contributed by atoms with E-state index in [1.165, 1.54) is 5.56 Å². The van der Waals surface area contributed by atoms with Gasteiger partial charge in [0.1, 0.15) is 0 Å². The first-order chi connectivity index (χ1) is 9.65. The second-order valence-electron chi connectivity index (χ2n) is 5.57. The summed E-state index contributed by atoms with van der Waals surface area (Å²) in [5.74, 6) is 1.22. The van der Waals surface area contributed by atoms with Gasteiger partial charge in [-0.05, 0) is 23.8 Å². The second-order valence-corrected chi connectivity index (χ2v) is 5.57. The van der Waals surface area contributed by atoms with Crippen molar-refractivity contribution in [1.29, 1.82) is 0 Å². The number of benzene rings is 1. The Hall–Kier alpha value is -1.35. The minimum Gasteiger partial charge on any atom is -0.356 e. The summed E-state index contributed by atoms with van der Waals surface area (Å²) in [5.41, 5.74) is 1.37. The van der Waals surface area contributed by atoms with E-state index in [-0.39, 0.29) is 5.91 Å². The third-order valence-electron chi connectivity index (χ3n) is 3.50. The maximum absolute atomic E-state index is 11.5. The molecule has 0 aliphatic heterocycles. The lowest BCUT2D eigenvalue weighted by atomic mass is 9.88. The van der Waals surface area contributed by atoms with Gasteiger partial charge in [-0.15, -0.1) is 0 Å². The van der Waals surface area contributed by atoms with Gasteiger partial charge in [0.25, 0.3) is 0 Å². The molecule has 20 heavy (non-hydrogen) atoms. The van der Waals surface area contributed by atoms with E-state index in [0.29, 0.717) is 18.3 Å². The molecule has 0 fully saturated rings. The summed E-state index contributed by atoms with van der Waals surface area (Å²) in [6, 6.07) is 10.6. The van der Waals surface area contributed by atoms with Crippen LogP contribution in [0, 0.1) is 5.92 Å². The Kier molecular flexibility index (Phi) is 7.97. The van der Waals surface area contributed by atoms with Crippen LogP contribution in [0.5, 0.6) is 0 Å². The zero-order valence-electron chi connectivity index (χ0n) is 13.0. The summed E-state index contributed by atoms with van der Waals surface area (Å²) in [6.07, 6.45) is 1.54. The number of carbonyl (C=O) groups is 1. The third kappa shape index (κ3) is 6.20. The Morgan fingerprint density at radius 2 is 1.85 bits per heavy atom. The van der Waals surface area contributed by atoms with Gasteiger partial charge in [-0.3, -0.25) is 4.79 Å². The van der Waals surface area contributed by atoms with Crippen LogP contribution in [0.25, 0.3) is 0 Å². The predicted molar refractivity (Wildman–Crippen MR) is 84.8 cm³/mol. The highest BCUT2D eigenvalue weighted by molar-refractivity contribution is 5.75. The highest BCUT2D eigenvalue weighted by atomic mass is 16.1. The fraction of sp³-hybridized carbons (Fsp3) is 0.588. The number of amides is 1. The van der Waals surface area contributed by atoms with Crippen molar-refractivity contribution < 1.29 is 4.79 Å². The molecule has 1 aromatic rings. The number of carbonyl (C=O) groups excluding carboxylic acids is 1. The monoisotopic (exact) mass is 276 g/mol. The zero-order chi connectivity index (χ0) is 14.8. The van der Waals surface area contributed by atoms with Crippen molar-refractivity contribution in [2.45, 2.75) is 39.5 Å². The van der Waals surface area contributed by atoms with Crippen LogP contribution in [0.4, 0.5) is 0 Å². The lowest BCUT2D eigenvalue weighted by Crippen LogP contribution is -2.30. The molecule has 0 bridgehead atoms. The lowest BCUT2D eigenvalue weighted by molar-refractivity contribution is -0.120. The first-order valence-electron chi connectivity index (χ1n) is 7.67. The lowest BCUT2D eigenvalue weighted by Gasteiger charge is -2.22. The van der Waals surface area contributed by atoms with Gasteiger partial charge in [0, 0.05) is 26.1 Å². The normalized spacial score (nSPS) is 12.4. The molecule has 0 aromatic heterocycles. The molecular formula is C17H28N2O. The Morgan fingerprint density at radius 1 is 1.15 bits per heavy atom. The molecule has 3 nitrogen and oxygen atoms in total. The van der Waals surface area contributed by atoms with Crippen LogP contribution in [-0.4, -0.2) is 25.5 Å². The molecule has 112 valence electrons. The van der Waals surface area contributed by atoms with E-state index < -0.39 is 0 Å². The average molecular weight is 276 g/mol. The maximum Gasteiger partial charge on any atom is 0.221 e. The Balaban J connectivity index is 2.32. The first kappa shape index (κ1) is 16.7. The van der Waals surface area contributed by atoms with E-state index in [1.807, 2.05) is 6.07 Å². The number of hydrogen-bond donors (Lipinski definition) is 2. The van der Waals surface area contributed by atoms with Crippen molar-refractivity contribution >= 4 is 5.91 Å². The van der Waals surface area contributed by atoms with E-state index in [2.05, 4.69) is 55.7 Å². The SMILES string of the molecule is CCCNC(=O)CCNCC(c1ccccc1)C(C)C. The summed E-state index contributed by atoms with van der Waals surface area (Å²) in [6.45, 7) is 8.98. The Bertz CT molecular complexity index is 376. The number of nitrogens with one attached hydrogen (secondary N) is 2. The molecule has 0 heterocycles. The molecule has 3 heteroatoms. The Labute approximate surface area is 123 Å². The van der Waals surface area contributed by atoms with E-state index in [0.717, 1.165) is 26.1 Å². The molecular weight excluding hydrogens is 248 g/mol. The fourth-order valence-electron chi connectivity index (χ4n) is 2.25. The largest absolute Gasteiger partial charge is 0.356 e. The molecule has 1 unspecified atom stereocenters. The van der Waals surface area contributed by atoms with Gasteiger partial charge in [0.05, 0.1) is 0 Å². The molecule has 0 radical (unpaired) electrons. The molecule has 0 aliphatic carbocycles. The molecule has 1 aromatic carbocycles.